The highest BCUT2D eigenvalue weighted by molar-refractivity contribution is 7.89. The van der Waals surface area contributed by atoms with Gasteiger partial charge in [-0.1, -0.05) is 11.6 Å². The Labute approximate surface area is 131 Å². The molecular formula is C14H21ClN2O3S. The largest absolute Gasteiger partial charge is 0.380 e. The van der Waals surface area contributed by atoms with Crippen molar-refractivity contribution in [1.29, 1.82) is 0 Å². The van der Waals surface area contributed by atoms with E-state index < -0.39 is 10.0 Å². The van der Waals surface area contributed by atoms with Crippen molar-refractivity contribution in [2.75, 3.05) is 26.8 Å². The summed E-state index contributed by atoms with van der Waals surface area (Å²) < 4.78 is 32.3. The molecule has 0 bridgehead atoms. The van der Waals surface area contributed by atoms with Crippen molar-refractivity contribution >= 4 is 21.6 Å². The number of halogens is 1. The maximum absolute atomic E-state index is 12.2. The molecule has 1 aromatic carbocycles. The van der Waals surface area contributed by atoms with Crippen LogP contribution in [0.4, 0.5) is 0 Å². The van der Waals surface area contributed by atoms with Gasteiger partial charge in [-0.15, -0.1) is 0 Å². The molecular weight excluding hydrogens is 312 g/mol. The number of hydrogen-bond donors (Lipinski definition) is 2. The molecule has 0 aliphatic heterocycles. The average Bonchev–Trinajstić information content (AvgIpc) is 3.25. The highest BCUT2D eigenvalue weighted by Crippen LogP contribution is 2.28. The van der Waals surface area contributed by atoms with Gasteiger partial charge in [-0.25, -0.2) is 13.1 Å². The standard InChI is InChI=1S/C14H21ClN2O3S/c1-16-9-12-8-13(4-5-14(12)15)21(18,19)17-6-7-20-10-11-2-3-11/h4-5,8,11,16-17H,2-3,6-7,9-10H2,1H3. The van der Waals surface area contributed by atoms with E-state index in [0.29, 0.717) is 24.1 Å². The molecule has 5 nitrogen and oxygen atoms in total. The molecule has 0 aromatic heterocycles. The van der Waals surface area contributed by atoms with Crippen molar-refractivity contribution in [3.05, 3.63) is 28.8 Å². The Hall–Kier alpha value is -0.660. The SMILES string of the molecule is CNCc1cc(S(=O)(=O)NCCOCC2CC2)ccc1Cl. The number of nitrogens with one attached hydrogen (secondary N) is 2. The van der Waals surface area contributed by atoms with Crippen LogP contribution in [0.25, 0.3) is 0 Å². The van der Waals surface area contributed by atoms with E-state index in [1.807, 2.05) is 0 Å². The molecule has 0 amide bonds. The number of benzene rings is 1. The minimum Gasteiger partial charge on any atom is -0.380 e. The van der Waals surface area contributed by atoms with E-state index >= 15 is 0 Å². The highest BCUT2D eigenvalue weighted by Gasteiger charge is 2.21. The maximum atomic E-state index is 12.2. The lowest BCUT2D eigenvalue weighted by molar-refractivity contribution is 0.129. The van der Waals surface area contributed by atoms with E-state index in [4.69, 9.17) is 16.3 Å². The zero-order valence-electron chi connectivity index (χ0n) is 12.1. The summed E-state index contributed by atoms with van der Waals surface area (Å²) in [5.74, 6) is 0.682. The van der Waals surface area contributed by atoms with Gasteiger partial charge in [0.2, 0.25) is 10.0 Å². The third-order valence-electron chi connectivity index (χ3n) is 3.28. The Morgan fingerprint density at radius 1 is 1.38 bits per heavy atom. The summed E-state index contributed by atoms with van der Waals surface area (Å²) in [5.41, 5.74) is 0.757. The molecule has 0 saturated heterocycles. The third-order valence-corrected chi connectivity index (χ3v) is 5.11. The maximum Gasteiger partial charge on any atom is 0.240 e. The molecule has 7 heteroatoms. The second kappa shape index (κ2) is 7.56. The second-order valence-corrected chi connectivity index (χ2v) is 7.37. The van der Waals surface area contributed by atoms with Gasteiger partial charge in [0.05, 0.1) is 11.5 Å². The van der Waals surface area contributed by atoms with Crippen LogP contribution < -0.4 is 10.0 Å². The fraction of sp³-hybridized carbons (Fsp3) is 0.571. The Bertz CT molecular complexity index is 574. The fourth-order valence-electron chi connectivity index (χ4n) is 1.91. The first-order valence-corrected chi connectivity index (χ1v) is 8.89. The smallest absolute Gasteiger partial charge is 0.240 e. The van der Waals surface area contributed by atoms with E-state index in [2.05, 4.69) is 10.0 Å². The summed E-state index contributed by atoms with van der Waals surface area (Å²) in [7, 11) is -1.73. The van der Waals surface area contributed by atoms with Gasteiger partial charge in [-0.2, -0.15) is 0 Å². The Balaban J connectivity index is 1.89. The van der Waals surface area contributed by atoms with Crippen LogP contribution in [0.5, 0.6) is 0 Å². The van der Waals surface area contributed by atoms with Crippen LogP contribution in [0.2, 0.25) is 5.02 Å². The highest BCUT2D eigenvalue weighted by atomic mass is 35.5. The first kappa shape index (κ1) is 16.7. The zero-order valence-corrected chi connectivity index (χ0v) is 13.6. The molecule has 2 rings (SSSR count). The lowest BCUT2D eigenvalue weighted by atomic mass is 10.2. The summed E-state index contributed by atoms with van der Waals surface area (Å²) in [6, 6.07) is 4.70. The van der Waals surface area contributed by atoms with Gasteiger partial charge in [-0.3, -0.25) is 0 Å². The number of ether oxygens (including phenoxy) is 1. The van der Waals surface area contributed by atoms with Gasteiger partial charge < -0.3 is 10.1 Å². The van der Waals surface area contributed by atoms with Gasteiger partial charge in [0.1, 0.15) is 0 Å². The molecule has 1 aliphatic rings. The van der Waals surface area contributed by atoms with Crippen molar-refractivity contribution in [3.8, 4) is 0 Å². The van der Waals surface area contributed by atoms with Crippen LogP contribution in [-0.2, 0) is 21.3 Å². The van der Waals surface area contributed by atoms with Crippen LogP contribution in [0.15, 0.2) is 23.1 Å². The van der Waals surface area contributed by atoms with Crippen LogP contribution in [-0.4, -0.2) is 35.2 Å². The first-order chi connectivity index (χ1) is 10.0. The third kappa shape index (κ3) is 5.23. The van der Waals surface area contributed by atoms with Crippen molar-refractivity contribution in [1.82, 2.24) is 10.0 Å². The topological polar surface area (TPSA) is 67.4 Å². The predicted molar refractivity (Wildman–Crippen MR) is 82.9 cm³/mol. The number of hydrogen-bond acceptors (Lipinski definition) is 4. The fourth-order valence-corrected chi connectivity index (χ4v) is 3.16. The van der Waals surface area contributed by atoms with E-state index in [9.17, 15) is 8.42 Å². The Morgan fingerprint density at radius 2 is 2.14 bits per heavy atom. The van der Waals surface area contributed by atoms with Crippen LogP contribution in [0, 0.1) is 5.92 Å². The predicted octanol–water partition coefficient (Wildman–Crippen LogP) is 1.76. The molecule has 0 radical (unpaired) electrons. The molecule has 0 unspecified atom stereocenters. The van der Waals surface area contributed by atoms with Gasteiger partial charge >= 0.3 is 0 Å². The molecule has 0 spiro atoms. The molecule has 1 aromatic rings. The minimum absolute atomic E-state index is 0.222. The molecule has 0 heterocycles. The Morgan fingerprint density at radius 3 is 2.81 bits per heavy atom. The quantitative estimate of drug-likeness (QED) is 0.676. The van der Waals surface area contributed by atoms with E-state index in [1.54, 1.807) is 19.2 Å². The van der Waals surface area contributed by atoms with E-state index in [-0.39, 0.29) is 11.4 Å². The summed E-state index contributed by atoms with van der Waals surface area (Å²) in [5, 5.41) is 3.51. The average molecular weight is 333 g/mol. The zero-order chi connectivity index (χ0) is 15.3. The van der Waals surface area contributed by atoms with Crippen LogP contribution in [0.3, 0.4) is 0 Å². The molecule has 2 N–H and O–H groups in total. The lowest BCUT2D eigenvalue weighted by Crippen LogP contribution is -2.27. The van der Waals surface area contributed by atoms with Crippen molar-refractivity contribution in [3.63, 3.8) is 0 Å². The molecule has 1 saturated carbocycles. The van der Waals surface area contributed by atoms with Gasteiger partial charge in [-0.05, 0) is 49.6 Å². The number of sulfonamides is 1. The van der Waals surface area contributed by atoms with Gasteiger partial charge in [0.25, 0.3) is 0 Å². The Kier molecular flexibility index (Phi) is 6.01. The van der Waals surface area contributed by atoms with Crippen LogP contribution >= 0.6 is 11.6 Å². The molecule has 21 heavy (non-hydrogen) atoms. The molecule has 0 atom stereocenters. The second-order valence-electron chi connectivity index (χ2n) is 5.20. The van der Waals surface area contributed by atoms with Gasteiger partial charge in [0.15, 0.2) is 0 Å². The van der Waals surface area contributed by atoms with Gasteiger partial charge in [0, 0.05) is 24.7 Å². The summed E-state index contributed by atoms with van der Waals surface area (Å²) in [6.07, 6.45) is 2.45. The summed E-state index contributed by atoms with van der Waals surface area (Å²) in [4.78, 5) is 0.222. The van der Waals surface area contributed by atoms with Crippen molar-refractivity contribution in [2.24, 2.45) is 5.92 Å². The molecule has 1 aliphatic carbocycles. The lowest BCUT2D eigenvalue weighted by Gasteiger charge is -2.10. The monoisotopic (exact) mass is 332 g/mol. The van der Waals surface area contributed by atoms with E-state index in [0.717, 1.165) is 12.2 Å². The first-order valence-electron chi connectivity index (χ1n) is 7.03. The minimum atomic E-state index is -3.52. The van der Waals surface area contributed by atoms with Crippen LogP contribution in [0.1, 0.15) is 18.4 Å². The van der Waals surface area contributed by atoms with E-state index in [1.165, 1.54) is 18.9 Å². The molecule has 118 valence electrons. The molecule has 1 fully saturated rings. The van der Waals surface area contributed by atoms with Crippen molar-refractivity contribution in [2.45, 2.75) is 24.3 Å². The number of rotatable bonds is 9. The summed E-state index contributed by atoms with van der Waals surface area (Å²) >= 11 is 6.03. The van der Waals surface area contributed by atoms with Crippen molar-refractivity contribution < 1.29 is 13.2 Å². The summed E-state index contributed by atoms with van der Waals surface area (Å²) in [6.45, 7) is 1.92. The normalized spacial score (nSPS) is 15.3.